The minimum Gasteiger partial charge on any atom is -0.491 e. The smallest absolute Gasteiger partial charge is 0.265 e. The molecule has 2 aromatic rings. The minimum atomic E-state index is -0.555. The molecular weight excluding hydrogens is 338 g/mol. The molecule has 27 heavy (non-hydrogen) atoms. The number of hydrogen-bond acceptors (Lipinski definition) is 3. The van der Waals surface area contributed by atoms with Crippen LogP contribution in [0.25, 0.3) is 0 Å². The van der Waals surface area contributed by atoms with Crippen molar-refractivity contribution in [1.82, 2.24) is 0 Å². The van der Waals surface area contributed by atoms with Crippen molar-refractivity contribution in [3.8, 4) is 11.5 Å². The Kier molecular flexibility index (Phi) is 6.89. The zero-order valence-corrected chi connectivity index (χ0v) is 17.2. The lowest BCUT2D eigenvalue weighted by Gasteiger charge is -2.21. The highest BCUT2D eigenvalue weighted by Gasteiger charge is 2.19. The van der Waals surface area contributed by atoms with E-state index in [1.807, 2.05) is 69.3 Å². The molecule has 2 rings (SSSR count). The summed E-state index contributed by atoms with van der Waals surface area (Å²) in [5.74, 6) is 1.26. The highest BCUT2D eigenvalue weighted by Crippen LogP contribution is 2.25. The van der Waals surface area contributed by atoms with Gasteiger partial charge in [0.15, 0.2) is 6.10 Å². The summed E-state index contributed by atoms with van der Waals surface area (Å²) in [4.78, 5) is 12.6. The van der Waals surface area contributed by atoms with Crippen LogP contribution in [-0.4, -0.2) is 18.1 Å². The molecule has 0 heterocycles. The zero-order chi connectivity index (χ0) is 20.0. The number of amides is 1. The van der Waals surface area contributed by atoms with Gasteiger partial charge >= 0.3 is 0 Å². The molecule has 0 saturated carbocycles. The Bertz CT molecular complexity index is 745. The molecule has 4 heteroatoms. The molecule has 1 atom stereocenters. The van der Waals surface area contributed by atoms with E-state index in [4.69, 9.17) is 9.47 Å². The van der Waals surface area contributed by atoms with Gasteiger partial charge in [0.2, 0.25) is 0 Å². The Hall–Kier alpha value is -2.49. The highest BCUT2D eigenvalue weighted by atomic mass is 16.5. The van der Waals surface area contributed by atoms with Crippen LogP contribution in [0, 0.1) is 0 Å². The van der Waals surface area contributed by atoms with Crippen LogP contribution in [0.4, 0.5) is 5.69 Å². The van der Waals surface area contributed by atoms with Gasteiger partial charge in [-0.2, -0.15) is 0 Å². The molecule has 0 aliphatic heterocycles. The molecule has 0 unspecified atom stereocenters. The van der Waals surface area contributed by atoms with E-state index in [9.17, 15) is 4.79 Å². The molecule has 1 N–H and O–H groups in total. The largest absolute Gasteiger partial charge is 0.491 e. The monoisotopic (exact) mass is 369 g/mol. The predicted octanol–water partition coefficient (Wildman–Crippen LogP) is 5.57. The first-order valence-electron chi connectivity index (χ1n) is 9.54. The molecule has 4 nitrogen and oxygen atoms in total. The van der Waals surface area contributed by atoms with E-state index in [0.717, 1.165) is 5.75 Å². The van der Waals surface area contributed by atoms with E-state index in [2.05, 4.69) is 26.1 Å². The quantitative estimate of drug-likeness (QED) is 0.694. The normalized spacial score (nSPS) is 12.6. The molecule has 2 aromatic carbocycles. The van der Waals surface area contributed by atoms with Crippen molar-refractivity contribution < 1.29 is 14.3 Å². The van der Waals surface area contributed by atoms with Crippen LogP contribution in [0.15, 0.2) is 48.5 Å². The third-order valence-electron chi connectivity index (χ3n) is 4.14. The van der Waals surface area contributed by atoms with Crippen LogP contribution in [-0.2, 0) is 10.2 Å². The molecule has 146 valence electrons. The second kappa shape index (κ2) is 8.94. The number of carbonyl (C=O) groups excluding carboxylic acids is 1. The van der Waals surface area contributed by atoms with Gasteiger partial charge in [0, 0.05) is 11.8 Å². The molecule has 0 bridgehead atoms. The average molecular weight is 370 g/mol. The van der Waals surface area contributed by atoms with Crippen molar-refractivity contribution in [3.05, 3.63) is 54.1 Å². The van der Waals surface area contributed by atoms with Crippen molar-refractivity contribution in [3.63, 3.8) is 0 Å². The van der Waals surface area contributed by atoms with Crippen molar-refractivity contribution in [2.24, 2.45) is 0 Å². The molecule has 0 aliphatic rings. The van der Waals surface area contributed by atoms with Gasteiger partial charge in [-0.1, -0.05) is 45.9 Å². The minimum absolute atomic E-state index is 0.0822. The van der Waals surface area contributed by atoms with Gasteiger partial charge in [-0.25, -0.2) is 0 Å². The SMILES string of the molecule is CC[C@H](Oc1ccc(C(C)(C)C)cc1)C(=O)Nc1cccc(OC(C)C)c1. The molecule has 0 fully saturated rings. The number of ether oxygens (including phenoxy) is 2. The Morgan fingerprint density at radius 2 is 1.67 bits per heavy atom. The van der Waals surface area contributed by atoms with E-state index in [1.165, 1.54) is 5.56 Å². The molecule has 0 aliphatic carbocycles. The van der Waals surface area contributed by atoms with E-state index >= 15 is 0 Å². The van der Waals surface area contributed by atoms with Crippen molar-refractivity contribution in [2.75, 3.05) is 5.32 Å². The summed E-state index contributed by atoms with van der Waals surface area (Å²) in [5.41, 5.74) is 2.01. The van der Waals surface area contributed by atoms with E-state index in [1.54, 1.807) is 0 Å². The second-order valence-corrected chi connectivity index (χ2v) is 7.97. The maximum Gasteiger partial charge on any atom is 0.265 e. The number of benzene rings is 2. The first-order valence-corrected chi connectivity index (χ1v) is 9.54. The van der Waals surface area contributed by atoms with E-state index in [0.29, 0.717) is 17.9 Å². The Morgan fingerprint density at radius 3 is 2.22 bits per heavy atom. The van der Waals surface area contributed by atoms with Crippen LogP contribution >= 0.6 is 0 Å². The lowest BCUT2D eigenvalue weighted by molar-refractivity contribution is -0.122. The van der Waals surface area contributed by atoms with Crippen LogP contribution in [0.5, 0.6) is 11.5 Å². The van der Waals surface area contributed by atoms with Gasteiger partial charge in [-0.3, -0.25) is 4.79 Å². The van der Waals surface area contributed by atoms with Crippen LogP contribution in [0.3, 0.4) is 0 Å². The zero-order valence-electron chi connectivity index (χ0n) is 17.2. The Balaban J connectivity index is 2.03. The fourth-order valence-electron chi connectivity index (χ4n) is 2.66. The summed E-state index contributed by atoms with van der Waals surface area (Å²) in [5, 5.41) is 2.92. The lowest BCUT2D eigenvalue weighted by Crippen LogP contribution is -2.32. The summed E-state index contributed by atoms with van der Waals surface area (Å²) in [6, 6.07) is 15.3. The lowest BCUT2D eigenvalue weighted by atomic mass is 9.87. The Morgan fingerprint density at radius 1 is 1.00 bits per heavy atom. The van der Waals surface area contributed by atoms with E-state index in [-0.39, 0.29) is 17.4 Å². The van der Waals surface area contributed by atoms with Gasteiger partial charge in [0.05, 0.1) is 6.10 Å². The van der Waals surface area contributed by atoms with Gasteiger partial charge in [-0.15, -0.1) is 0 Å². The average Bonchev–Trinajstić information content (AvgIpc) is 2.59. The standard InChI is InChI=1S/C23H31NO3/c1-7-21(27-19-13-11-17(12-14-19)23(4,5)6)22(25)24-18-9-8-10-20(15-18)26-16(2)3/h8-16,21H,7H2,1-6H3,(H,24,25)/t21-/m0/s1. The van der Waals surface area contributed by atoms with Gasteiger partial charge in [0.1, 0.15) is 11.5 Å². The fourth-order valence-corrected chi connectivity index (χ4v) is 2.66. The number of nitrogens with one attached hydrogen (secondary N) is 1. The van der Waals surface area contributed by atoms with Crippen LogP contribution in [0.2, 0.25) is 0 Å². The number of rotatable bonds is 7. The Labute approximate surface area is 162 Å². The fraction of sp³-hybridized carbons (Fsp3) is 0.435. The van der Waals surface area contributed by atoms with Crippen molar-refractivity contribution >= 4 is 11.6 Å². The molecule has 0 spiro atoms. The molecule has 0 radical (unpaired) electrons. The first kappa shape index (κ1) is 20.8. The molecule has 0 aromatic heterocycles. The van der Waals surface area contributed by atoms with Crippen molar-refractivity contribution in [1.29, 1.82) is 0 Å². The first-order chi connectivity index (χ1) is 12.7. The highest BCUT2D eigenvalue weighted by molar-refractivity contribution is 5.94. The van der Waals surface area contributed by atoms with Gasteiger partial charge in [-0.05, 0) is 55.5 Å². The molecule has 1 amide bonds. The predicted molar refractivity (Wildman–Crippen MR) is 111 cm³/mol. The second-order valence-electron chi connectivity index (χ2n) is 7.97. The number of carbonyl (C=O) groups is 1. The maximum atomic E-state index is 12.6. The molecule has 0 saturated heterocycles. The summed E-state index contributed by atoms with van der Waals surface area (Å²) in [6.07, 6.45) is 0.105. The topological polar surface area (TPSA) is 47.6 Å². The van der Waals surface area contributed by atoms with Crippen LogP contribution in [0.1, 0.15) is 53.5 Å². The number of hydrogen-bond donors (Lipinski definition) is 1. The maximum absolute atomic E-state index is 12.6. The third-order valence-corrected chi connectivity index (χ3v) is 4.14. The van der Waals surface area contributed by atoms with Gasteiger partial charge in [0.25, 0.3) is 5.91 Å². The summed E-state index contributed by atoms with van der Waals surface area (Å²) in [7, 11) is 0. The third kappa shape index (κ3) is 6.31. The number of anilines is 1. The van der Waals surface area contributed by atoms with E-state index < -0.39 is 6.10 Å². The summed E-state index contributed by atoms with van der Waals surface area (Å²) in [6.45, 7) is 12.4. The van der Waals surface area contributed by atoms with Crippen molar-refractivity contribution in [2.45, 2.75) is 65.6 Å². The molecular formula is C23H31NO3. The summed E-state index contributed by atoms with van der Waals surface area (Å²) < 4.78 is 11.6. The summed E-state index contributed by atoms with van der Waals surface area (Å²) >= 11 is 0. The van der Waals surface area contributed by atoms with Crippen LogP contribution < -0.4 is 14.8 Å². The van der Waals surface area contributed by atoms with Gasteiger partial charge < -0.3 is 14.8 Å².